The average molecular weight is 494 g/mol. The first kappa shape index (κ1) is 25.0. The third-order valence-electron chi connectivity index (χ3n) is 6.45. The molecule has 5 heterocycles. The van der Waals surface area contributed by atoms with Gasteiger partial charge >= 0.3 is 12.2 Å². The van der Waals surface area contributed by atoms with Crippen molar-refractivity contribution in [3.05, 3.63) is 11.8 Å². The molecule has 2 amide bonds. The maximum Gasteiger partial charge on any atom is 0.410 e. The molecular weight excluding hydrogens is 454 g/mol. The van der Waals surface area contributed by atoms with E-state index in [4.69, 9.17) is 9.47 Å². The molecule has 190 valence electrons. The van der Waals surface area contributed by atoms with Crippen LogP contribution in [0, 0.1) is 6.92 Å². The van der Waals surface area contributed by atoms with E-state index < -0.39 is 5.60 Å². The van der Waals surface area contributed by atoms with Crippen molar-refractivity contribution in [1.29, 1.82) is 0 Å². The number of hydrogen-bond acceptors (Lipinski definition) is 8. The number of fused-ring (bicyclic) bond motifs is 4. The van der Waals surface area contributed by atoms with E-state index in [-0.39, 0.29) is 23.8 Å². The van der Waals surface area contributed by atoms with Crippen LogP contribution >= 0.6 is 11.5 Å². The highest BCUT2D eigenvalue weighted by Gasteiger charge is 2.47. The molecule has 1 aromatic rings. The summed E-state index contributed by atoms with van der Waals surface area (Å²) in [5, 5.41) is 4.58. The van der Waals surface area contributed by atoms with E-state index in [1.54, 1.807) is 11.5 Å². The van der Waals surface area contributed by atoms with E-state index in [2.05, 4.69) is 20.7 Å². The van der Waals surface area contributed by atoms with E-state index >= 15 is 0 Å². The Morgan fingerprint density at radius 3 is 1.97 bits per heavy atom. The van der Waals surface area contributed by atoms with Crippen LogP contribution in [0.25, 0.3) is 0 Å². The predicted molar refractivity (Wildman–Crippen MR) is 132 cm³/mol. The van der Waals surface area contributed by atoms with E-state index in [0.717, 1.165) is 44.7 Å². The number of carbonyl (C=O) groups excluding carboxylic acids is 2. The lowest BCUT2D eigenvalue weighted by Gasteiger charge is -2.35. The zero-order chi connectivity index (χ0) is 24.8. The minimum Gasteiger partial charge on any atom is -0.444 e. The second-order valence-electron chi connectivity index (χ2n) is 11.8. The molecular formula is C24H39N5O4S. The number of likely N-dealkylation sites (tertiary alicyclic amines) is 2. The molecule has 4 fully saturated rings. The number of rotatable bonds is 1. The minimum absolute atomic E-state index is 0.161. The maximum absolute atomic E-state index is 12.2. The highest BCUT2D eigenvalue weighted by molar-refractivity contribution is 7.10. The van der Waals surface area contributed by atoms with Crippen molar-refractivity contribution in [3.63, 3.8) is 0 Å². The van der Waals surface area contributed by atoms with Gasteiger partial charge in [0.15, 0.2) is 0 Å². The van der Waals surface area contributed by atoms with Gasteiger partial charge in [0.1, 0.15) is 16.2 Å². The molecule has 1 aromatic heterocycles. The first-order chi connectivity index (χ1) is 15.8. The molecule has 4 aliphatic rings. The van der Waals surface area contributed by atoms with Gasteiger partial charge < -0.3 is 29.5 Å². The summed E-state index contributed by atoms with van der Waals surface area (Å²) in [6, 6.07) is 3.66. The number of ether oxygens (including phenoxy) is 2. The quantitative estimate of drug-likeness (QED) is 0.639. The maximum atomic E-state index is 12.2. The standard InChI is InChI=1S/C14H21N3O2S.C10H18N2O2/c1-9-5-12(20-15-9)16-7-11-6-10(16)8-17(11)13(18)19-14(2,3)4;1-10(2,3)14-9(13)12-6-7-4-8(12)5-11-7/h5,10-11H,6-8H2,1-4H3;7-8,11H,4-6H2,1-3H3/t10-,11-;7-,8-/m00/s1. The number of anilines is 1. The lowest BCUT2D eigenvalue weighted by molar-refractivity contribution is 0.0198. The third kappa shape index (κ3) is 5.76. The molecule has 4 aliphatic heterocycles. The topological polar surface area (TPSA) is 87.2 Å². The van der Waals surface area contributed by atoms with Crippen LogP contribution in [0.15, 0.2) is 6.07 Å². The van der Waals surface area contributed by atoms with Crippen molar-refractivity contribution >= 4 is 28.7 Å². The fourth-order valence-corrected chi connectivity index (χ4v) is 5.91. The van der Waals surface area contributed by atoms with Crippen LogP contribution in [0.5, 0.6) is 0 Å². The molecule has 1 N–H and O–H groups in total. The molecule has 10 heteroatoms. The number of amides is 2. The summed E-state index contributed by atoms with van der Waals surface area (Å²) >= 11 is 1.55. The molecule has 0 spiro atoms. The van der Waals surface area contributed by atoms with Gasteiger partial charge in [0.2, 0.25) is 0 Å². The Labute approximate surface area is 206 Å². The van der Waals surface area contributed by atoms with Gasteiger partial charge in [0.25, 0.3) is 0 Å². The molecule has 0 aliphatic carbocycles. The first-order valence-corrected chi connectivity index (χ1v) is 13.0. The summed E-state index contributed by atoms with van der Waals surface area (Å²) in [4.78, 5) is 30.0. The van der Waals surface area contributed by atoms with Crippen LogP contribution in [-0.4, -0.2) is 87.9 Å². The second-order valence-corrected chi connectivity index (χ2v) is 12.5. The Hall–Kier alpha value is -2.07. The van der Waals surface area contributed by atoms with Crippen molar-refractivity contribution < 1.29 is 19.1 Å². The summed E-state index contributed by atoms with van der Waals surface area (Å²) in [6.07, 6.45) is 1.78. The van der Waals surface area contributed by atoms with Crippen molar-refractivity contribution in [3.8, 4) is 0 Å². The molecule has 9 nitrogen and oxygen atoms in total. The van der Waals surface area contributed by atoms with Crippen LogP contribution in [0.2, 0.25) is 0 Å². The van der Waals surface area contributed by atoms with Gasteiger partial charge in [-0.15, -0.1) is 0 Å². The van der Waals surface area contributed by atoms with Crippen molar-refractivity contribution in [2.45, 2.75) is 96.7 Å². The summed E-state index contributed by atoms with van der Waals surface area (Å²) in [5.41, 5.74) is 0.261. The third-order valence-corrected chi connectivity index (χ3v) is 7.37. The monoisotopic (exact) mass is 493 g/mol. The molecule has 4 saturated heterocycles. The van der Waals surface area contributed by atoms with Crippen LogP contribution in [0.1, 0.15) is 60.1 Å². The smallest absolute Gasteiger partial charge is 0.410 e. The average Bonchev–Trinajstić information content (AvgIpc) is 3.50. The van der Waals surface area contributed by atoms with Crippen LogP contribution in [0.3, 0.4) is 0 Å². The predicted octanol–water partition coefficient (Wildman–Crippen LogP) is 3.62. The van der Waals surface area contributed by atoms with Gasteiger partial charge in [-0.05, 0) is 78.9 Å². The Balaban J connectivity index is 0.000000172. The number of aromatic nitrogens is 1. The van der Waals surface area contributed by atoms with E-state index in [1.165, 1.54) is 5.00 Å². The summed E-state index contributed by atoms with van der Waals surface area (Å²) in [5.74, 6) is 0. The highest BCUT2D eigenvalue weighted by Crippen LogP contribution is 2.37. The summed E-state index contributed by atoms with van der Waals surface area (Å²) in [7, 11) is 0. The normalized spacial score (nSPS) is 27.7. The van der Waals surface area contributed by atoms with Gasteiger partial charge in [-0.2, -0.15) is 4.37 Å². The van der Waals surface area contributed by atoms with Crippen LogP contribution < -0.4 is 10.2 Å². The van der Waals surface area contributed by atoms with Crippen molar-refractivity contribution in [2.24, 2.45) is 0 Å². The van der Waals surface area contributed by atoms with E-state index in [9.17, 15) is 9.59 Å². The van der Waals surface area contributed by atoms with Crippen LogP contribution in [-0.2, 0) is 9.47 Å². The van der Waals surface area contributed by atoms with Gasteiger partial charge in [-0.3, -0.25) is 0 Å². The highest BCUT2D eigenvalue weighted by atomic mass is 32.1. The molecule has 34 heavy (non-hydrogen) atoms. The lowest BCUT2D eigenvalue weighted by Crippen LogP contribution is -2.50. The number of nitrogens with zero attached hydrogens (tertiary/aromatic N) is 4. The molecule has 0 saturated carbocycles. The molecule has 4 atom stereocenters. The Morgan fingerprint density at radius 1 is 0.941 bits per heavy atom. The largest absolute Gasteiger partial charge is 0.444 e. The van der Waals surface area contributed by atoms with Gasteiger partial charge in [-0.25, -0.2) is 9.59 Å². The minimum atomic E-state index is -0.423. The molecule has 5 rings (SSSR count). The Bertz CT molecular complexity index is 908. The SMILES string of the molecule is CC(C)(C)OC(=O)N1C[C@@H]2C[C@H]1CN2.Cc1cc(N2C[C@@H]3C[C@H]2CN3C(=O)OC(C)(C)C)sn1. The van der Waals surface area contributed by atoms with Gasteiger partial charge in [0, 0.05) is 44.3 Å². The number of hydrogen-bond donors (Lipinski definition) is 1. The number of nitrogens with one attached hydrogen (secondary N) is 1. The second kappa shape index (κ2) is 9.18. The molecule has 0 aromatic carbocycles. The summed E-state index contributed by atoms with van der Waals surface area (Å²) < 4.78 is 15.2. The fraction of sp³-hybridized carbons (Fsp3) is 0.792. The number of aryl methyl sites for hydroxylation is 1. The summed E-state index contributed by atoms with van der Waals surface area (Å²) in [6.45, 7) is 16.8. The van der Waals surface area contributed by atoms with Crippen molar-refractivity contribution in [1.82, 2.24) is 19.5 Å². The molecule has 0 unspecified atom stereocenters. The van der Waals surface area contributed by atoms with Crippen molar-refractivity contribution in [2.75, 3.05) is 31.1 Å². The van der Waals surface area contributed by atoms with Crippen LogP contribution in [0.4, 0.5) is 14.6 Å². The Kier molecular flexibility index (Phi) is 6.76. The first-order valence-electron chi connectivity index (χ1n) is 12.2. The zero-order valence-electron chi connectivity index (χ0n) is 21.5. The zero-order valence-corrected chi connectivity index (χ0v) is 22.3. The lowest BCUT2D eigenvalue weighted by atomic mass is 10.2. The van der Waals surface area contributed by atoms with Gasteiger partial charge in [0.05, 0.1) is 11.7 Å². The number of piperazine rings is 2. The van der Waals surface area contributed by atoms with E-state index in [1.807, 2.05) is 58.3 Å². The number of carbonyl (C=O) groups is 2. The van der Waals surface area contributed by atoms with Gasteiger partial charge in [-0.1, -0.05) is 0 Å². The fourth-order valence-electron chi connectivity index (χ4n) is 5.07. The van der Waals surface area contributed by atoms with E-state index in [0.29, 0.717) is 18.1 Å². The molecule has 0 radical (unpaired) electrons. The molecule has 4 bridgehead atoms. The Morgan fingerprint density at radius 2 is 1.56 bits per heavy atom.